The zero-order chi connectivity index (χ0) is 40.0. The predicted octanol–water partition coefficient (Wildman–Crippen LogP) is -8.10. The number of carbonyl (C=O) groups excluding carboxylic acids is 1. The van der Waals surface area contributed by atoms with E-state index in [1.807, 2.05) is 0 Å². The molecule has 0 aromatic rings. The lowest BCUT2D eigenvalue weighted by molar-refractivity contribution is -0.282. The molecule has 0 radical (unpaired) electrons. The molecule has 4 fully saturated rings. The molecule has 20 N–H and O–H groups in total. The van der Waals surface area contributed by atoms with Crippen LogP contribution in [-0.4, -0.2) is 197 Å². The summed E-state index contributed by atoms with van der Waals surface area (Å²) in [6.07, 6.45) is -14.6. The monoisotopic (exact) mass is 794 g/mol. The van der Waals surface area contributed by atoms with E-state index in [4.69, 9.17) is 57.1 Å². The molecule has 1 aliphatic carbocycles. The van der Waals surface area contributed by atoms with Crippen molar-refractivity contribution >= 4 is 5.91 Å². The van der Waals surface area contributed by atoms with Gasteiger partial charge in [0.1, 0.15) is 66.8 Å². The van der Waals surface area contributed by atoms with Crippen molar-refractivity contribution in [1.82, 2.24) is 16.0 Å². The quantitative estimate of drug-likeness (QED) is 0.0690. The van der Waals surface area contributed by atoms with E-state index in [1.54, 1.807) is 6.08 Å². The van der Waals surface area contributed by atoms with Gasteiger partial charge in [-0.25, -0.2) is 0 Å². The molecule has 3 saturated heterocycles. The van der Waals surface area contributed by atoms with E-state index in [0.29, 0.717) is 44.7 Å². The third kappa shape index (κ3) is 10.7. The van der Waals surface area contributed by atoms with Crippen LogP contribution in [0.5, 0.6) is 0 Å². The number of nitrogens with one attached hydrogen (secondary N) is 3. The molecule has 5 aliphatic rings. The average molecular weight is 795 g/mol. The summed E-state index contributed by atoms with van der Waals surface area (Å²) in [5.41, 5.74) is 29.4. The lowest BCUT2D eigenvalue weighted by atomic mass is 9.83. The second-order valence-electron chi connectivity index (χ2n) is 15.1. The fraction of sp³-hybridized carbons (Fsp3) is 0.909. The van der Waals surface area contributed by atoms with Gasteiger partial charge in [-0.2, -0.15) is 0 Å². The highest BCUT2D eigenvalue weighted by Crippen LogP contribution is 2.34. The molecular weight excluding hydrogens is 732 g/mol. The number of hydrogen-bond donors (Lipinski definition) is 15. The van der Waals surface area contributed by atoms with Gasteiger partial charge in [-0.15, -0.1) is 0 Å². The van der Waals surface area contributed by atoms with Crippen LogP contribution in [0, 0.1) is 0 Å². The second kappa shape index (κ2) is 19.8. The molecule has 0 bridgehead atoms. The summed E-state index contributed by atoms with van der Waals surface area (Å²) < 4.78 is 36.1. The van der Waals surface area contributed by atoms with Crippen molar-refractivity contribution in [2.24, 2.45) is 28.7 Å². The maximum absolute atomic E-state index is 12.8. The molecule has 1 unspecified atom stereocenters. The summed E-state index contributed by atoms with van der Waals surface area (Å²) in [5.74, 6) is -0.296. The number of aliphatic hydroxyl groups excluding tert-OH is 6. The molecule has 1 amide bonds. The van der Waals surface area contributed by atoms with Gasteiger partial charge in [0.15, 0.2) is 12.6 Å². The van der Waals surface area contributed by atoms with Crippen LogP contribution in [0.25, 0.3) is 0 Å². The minimum atomic E-state index is -1.66. The van der Waals surface area contributed by atoms with E-state index in [2.05, 4.69) is 16.0 Å². The molecule has 4 heterocycles. The number of ether oxygens (including phenoxy) is 6. The summed E-state index contributed by atoms with van der Waals surface area (Å²) in [7, 11) is 0. The molecular formula is C33H62N8O14. The van der Waals surface area contributed by atoms with E-state index in [-0.39, 0.29) is 32.5 Å². The van der Waals surface area contributed by atoms with Crippen LogP contribution in [0.15, 0.2) is 11.8 Å². The first-order valence-electron chi connectivity index (χ1n) is 19.0. The lowest BCUT2D eigenvalue weighted by Crippen LogP contribution is -2.67. The molecule has 0 spiro atoms. The fourth-order valence-electron chi connectivity index (χ4n) is 7.54. The van der Waals surface area contributed by atoms with Crippen molar-refractivity contribution in [3.8, 4) is 0 Å². The van der Waals surface area contributed by atoms with Crippen LogP contribution in [-0.2, 0) is 33.2 Å². The van der Waals surface area contributed by atoms with Gasteiger partial charge < -0.3 is 109 Å². The molecule has 22 heteroatoms. The van der Waals surface area contributed by atoms with Crippen molar-refractivity contribution in [2.45, 2.75) is 142 Å². The van der Waals surface area contributed by atoms with Crippen molar-refractivity contribution < 1.29 is 69.0 Å². The Balaban J connectivity index is 1.31. The van der Waals surface area contributed by atoms with E-state index >= 15 is 0 Å². The zero-order valence-corrected chi connectivity index (χ0v) is 30.8. The van der Waals surface area contributed by atoms with E-state index in [9.17, 15) is 40.5 Å². The summed E-state index contributed by atoms with van der Waals surface area (Å²) in [5, 5.41) is 84.2. The van der Waals surface area contributed by atoms with Crippen LogP contribution < -0.4 is 44.6 Å². The third-order valence-electron chi connectivity index (χ3n) is 10.9. The third-order valence-corrected chi connectivity index (χ3v) is 10.9. The van der Waals surface area contributed by atoms with Gasteiger partial charge in [-0.05, 0) is 57.8 Å². The van der Waals surface area contributed by atoms with E-state index in [0.717, 1.165) is 0 Å². The molecule has 1 saturated carbocycles. The van der Waals surface area contributed by atoms with Crippen LogP contribution in [0.2, 0.25) is 0 Å². The molecule has 4 aliphatic heterocycles. The SMILES string of the molecule is NCCC(O)C(=O)N[C@@H]1C[C@H](N)[C@@H](O[C@H]2OC(CNCC3(O)CCNCC3)=CC[C@H]2N)[C@H](O[C@@H]2O[C@H](CO)[C@@H](O[C@H]3O[C@@H](CN)[C@@H](O)[C@H](O)[C@H]3N)[C@H]2O)[C@H]1O. The largest absolute Gasteiger partial charge is 0.467 e. The summed E-state index contributed by atoms with van der Waals surface area (Å²) in [6.45, 7) is 1.20. The van der Waals surface area contributed by atoms with Crippen LogP contribution >= 0.6 is 0 Å². The highest BCUT2D eigenvalue weighted by Gasteiger charge is 2.54. The summed E-state index contributed by atoms with van der Waals surface area (Å²) in [4.78, 5) is 12.8. The van der Waals surface area contributed by atoms with Crippen molar-refractivity contribution in [2.75, 3.05) is 45.9 Å². The van der Waals surface area contributed by atoms with Gasteiger partial charge in [-0.3, -0.25) is 4.79 Å². The maximum Gasteiger partial charge on any atom is 0.249 e. The molecule has 17 atom stereocenters. The van der Waals surface area contributed by atoms with Gasteiger partial charge in [0.25, 0.3) is 0 Å². The second-order valence-corrected chi connectivity index (χ2v) is 15.1. The minimum absolute atomic E-state index is 0.0321. The van der Waals surface area contributed by atoms with Crippen LogP contribution in [0.1, 0.15) is 32.1 Å². The number of rotatable bonds is 16. The Morgan fingerprint density at radius 1 is 0.909 bits per heavy atom. The Morgan fingerprint density at radius 2 is 1.58 bits per heavy atom. The maximum atomic E-state index is 12.8. The first-order valence-corrected chi connectivity index (χ1v) is 19.0. The van der Waals surface area contributed by atoms with Crippen LogP contribution in [0.3, 0.4) is 0 Å². The smallest absolute Gasteiger partial charge is 0.249 e. The first-order chi connectivity index (χ1) is 26.2. The number of aliphatic hydroxyl groups is 7. The first kappa shape index (κ1) is 44.4. The fourth-order valence-corrected chi connectivity index (χ4v) is 7.54. The molecule has 0 aromatic heterocycles. The topological polar surface area (TPSA) is 380 Å². The number of piperidine rings is 1. The average Bonchev–Trinajstić information content (AvgIpc) is 3.46. The Hall–Kier alpha value is -1.75. The Bertz CT molecular complexity index is 1250. The van der Waals surface area contributed by atoms with Crippen molar-refractivity contribution in [3.63, 3.8) is 0 Å². The number of amides is 1. The van der Waals surface area contributed by atoms with Gasteiger partial charge in [0, 0.05) is 19.1 Å². The summed E-state index contributed by atoms with van der Waals surface area (Å²) in [6, 6.07) is -3.98. The molecule has 318 valence electrons. The summed E-state index contributed by atoms with van der Waals surface area (Å²) >= 11 is 0. The Morgan fingerprint density at radius 3 is 2.25 bits per heavy atom. The van der Waals surface area contributed by atoms with E-state index < -0.39 is 122 Å². The minimum Gasteiger partial charge on any atom is -0.467 e. The molecule has 5 rings (SSSR count). The number of nitrogens with two attached hydrogens (primary N) is 5. The number of hydrogen-bond acceptors (Lipinski definition) is 21. The Kier molecular flexibility index (Phi) is 16.0. The molecule has 22 nitrogen and oxygen atoms in total. The van der Waals surface area contributed by atoms with Crippen LogP contribution in [0.4, 0.5) is 0 Å². The highest BCUT2D eigenvalue weighted by atomic mass is 16.8. The van der Waals surface area contributed by atoms with Crippen molar-refractivity contribution in [3.05, 3.63) is 11.8 Å². The van der Waals surface area contributed by atoms with Gasteiger partial charge >= 0.3 is 0 Å². The van der Waals surface area contributed by atoms with Gasteiger partial charge in [0.2, 0.25) is 12.2 Å². The van der Waals surface area contributed by atoms with Gasteiger partial charge in [-0.1, -0.05) is 0 Å². The van der Waals surface area contributed by atoms with Crippen molar-refractivity contribution in [1.29, 1.82) is 0 Å². The highest BCUT2D eigenvalue weighted by molar-refractivity contribution is 5.80. The molecule has 55 heavy (non-hydrogen) atoms. The predicted molar refractivity (Wildman–Crippen MR) is 190 cm³/mol. The zero-order valence-electron chi connectivity index (χ0n) is 30.8. The number of carbonyl (C=O) groups is 1. The normalized spacial score (nSPS) is 42.7. The standard InChI is InChI=1S/C33H62N8O14/c34-6-3-18(43)29(48)41-17-9-16(37)26(53-30-15(36)2-1-14(50-30)11-40-13-33(49)4-7-39-8-5-33)28(22(17)44)55-32-25(47)27(20(12-42)52-32)54-31-21(38)24(46)23(45)19(10-35)51-31/h1,15-28,30-32,39-40,42-47,49H,2-13,34-38H2,(H,41,48)/t15-,16+,17-,18?,19+,20-,21-,22+,23-,24-,25-,26-,27-,28-,30-,31-,32+/m1/s1. The lowest BCUT2D eigenvalue weighted by Gasteiger charge is -2.46. The molecule has 0 aromatic carbocycles. The van der Waals surface area contributed by atoms with E-state index in [1.165, 1.54) is 0 Å². The Labute approximate surface area is 318 Å². The van der Waals surface area contributed by atoms with Gasteiger partial charge in [0.05, 0.1) is 36.9 Å².